The smallest absolute Gasteiger partial charge is 0.161 e. The number of hydrogen-bond donors (Lipinski definition) is 0. The Bertz CT molecular complexity index is 2200. The minimum absolute atomic E-state index is 0.693. The van der Waals surface area contributed by atoms with Crippen LogP contribution < -0.4 is 0 Å². The average Bonchev–Trinajstić information content (AvgIpc) is 3.11. The van der Waals surface area contributed by atoms with Gasteiger partial charge in [0.25, 0.3) is 0 Å². The molecule has 3 aromatic heterocycles. The first-order chi connectivity index (χ1) is 22.6. The number of aryl methyl sites for hydroxylation is 2. The maximum Gasteiger partial charge on any atom is 0.161 e. The van der Waals surface area contributed by atoms with Crippen LogP contribution in [0.4, 0.5) is 0 Å². The molecule has 0 radical (unpaired) electrons. The van der Waals surface area contributed by atoms with Crippen LogP contribution >= 0.6 is 0 Å². The second-order valence-corrected chi connectivity index (χ2v) is 11.7. The van der Waals surface area contributed by atoms with Gasteiger partial charge in [-0.2, -0.15) is 0 Å². The lowest BCUT2D eigenvalue weighted by atomic mass is 9.95. The molecule has 0 fully saturated rings. The zero-order chi connectivity index (χ0) is 31.0. The molecular weight excluding hydrogens is 560 g/mol. The molecule has 0 amide bonds. The van der Waals surface area contributed by atoms with Crippen LogP contribution in [0.1, 0.15) is 11.4 Å². The third kappa shape index (κ3) is 5.20. The topological polar surface area (TPSA) is 51.6 Å². The van der Waals surface area contributed by atoms with Gasteiger partial charge in [-0.1, -0.05) is 97.1 Å². The van der Waals surface area contributed by atoms with Crippen molar-refractivity contribution in [1.29, 1.82) is 0 Å². The Morgan fingerprint density at radius 2 is 0.891 bits per heavy atom. The van der Waals surface area contributed by atoms with Crippen LogP contribution in [-0.2, 0) is 0 Å². The van der Waals surface area contributed by atoms with E-state index in [4.69, 9.17) is 9.97 Å². The highest BCUT2D eigenvalue weighted by Crippen LogP contribution is 2.37. The van der Waals surface area contributed by atoms with Crippen molar-refractivity contribution >= 4 is 21.5 Å². The van der Waals surface area contributed by atoms with Gasteiger partial charge < -0.3 is 0 Å². The van der Waals surface area contributed by atoms with Gasteiger partial charge in [0.1, 0.15) is 0 Å². The molecule has 46 heavy (non-hydrogen) atoms. The minimum Gasteiger partial charge on any atom is -0.261 e. The van der Waals surface area contributed by atoms with Gasteiger partial charge in [0.2, 0.25) is 0 Å². The fraction of sp³-hybridized carbons (Fsp3) is 0.0476. The third-order valence-corrected chi connectivity index (χ3v) is 8.54. The summed E-state index contributed by atoms with van der Waals surface area (Å²) >= 11 is 0. The standard InChI is InChI=1S/C42H30N4/c1-27-17-19-31(25-43-27)33-21-34(32-20-18-28(2)44-26-32)23-35(22-33)40-24-41(38-15-7-11-29-9-3-5-13-36(29)38)46-42(45-40)39-16-8-12-30-10-4-6-14-37(30)39/h3-26H,1-2H3. The van der Waals surface area contributed by atoms with Crippen LogP contribution in [0.2, 0.25) is 0 Å². The lowest BCUT2D eigenvalue weighted by Crippen LogP contribution is -1.98. The molecule has 218 valence electrons. The lowest BCUT2D eigenvalue weighted by Gasteiger charge is -2.14. The molecule has 0 spiro atoms. The summed E-state index contributed by atoms with van der Waals surface area (Å²) in [7, 11) is 0. The molecule has 0 atom stereocenters. The highest BCUT2D eigenvalue weighted by molar-refractivity contribution is 5.98. The molecule has 8 aromatic rings. The number of aromatic nitrogens is 4. The van der Waals surface area contributed by atoms with Gasteiger partial charge >= 0.3 is 0 Å². The molecule has 0 N–H and O–H groups in total. The van der Waals surface area contributed by atoms with Crippen molar-refractivity contribution in [2.75, 3.05) is 0 Å². The van der Waals surface area contributed by atoms with Crippen LogP contribution in [-0.4, -0.2) is 19.9 Å². The third-order valence-electron chi connectivity index (χ3n) is 8.54. The molecule has 0 aliphatic rings. The molecule has 8 rings (SSSR count). The Morgan fingerprint density at radius 1 is 0.391 bits per heavy atom. The first kappa shape index (κ1) is 27.5. The molecule has 3 heterocycles. The maximum absolute atomic E-state index is 5.29. The monoisotopic (exact) mass is 590 g/mol. The van der Waals surface area contributed by atoms with Crippen molar-refractivity contribution in [1.82, 2.24) is 19.9 Å². The van der Waals surface area contributed by atoms with E-state index in [0.717, 1.165) is 77.9 Å². The molecule has 0 saturated heterocycles. The largest absolute Gasteiger partial charge is 0.261 e. The van der Waals surface area contributed by atoms with Gasteiger partial charge in [0.05, 0.1) is 11.4 Å². The van der Waals surface area contributed by atoms with E-state index in [2.05, 4.69) is 143 Å². The van der Waals surface area contributed by atoms with E-state index in [9.17, 15) is 0 Å². The summed E-state index contributed by atoms with van der Waals surface area (Å²) in [4.78, 5) is 19.7. The number of hydrogen-bond acceptors (Lipinski definition) is 4. The predicted octanol–water partition coefficient (Wildman–Crippen LogP) is 10.5. The van der Waals surface area contributed by atoms with Crippen molar-refractivity contribution in [2.45, 2.75) is 13.8 Å². The summed E-state index contributed by atoms with van der Waals surface area (Å²) in [5, 5.41) is 4.61. The van der Waals surface area contributed by atoms with Crippen molar-refractivity contribution in [3.63, 3.8) is 0 Å². The van der Waals surface area contributed by atoms with Crippen molar-refractivity contribution in [3.05, 3.63) is 157 Å². The first-order valence-electron chi connectivity index (χ1n) is 15.5. The van der Waals surface area contributed by atoms with Gasteiger partial charge in [-0.25, -0.2) is 9.97 Å². The van der Waals surface area contributed by atoms with E-state index >= 15 is 0 Å². The van der Waals surface area contributed by atoms with E-state index in [1.807, 2.05) is 26.2 Å². The Labute approximate surface area is 268 Å². The predicted molar refractivity (Wildman–Crippen MR) is 189 cm³/mol. The molecule has 5 aromatic carbocycles. The van der Waals surface area contributed by atoms with Crippen LogP contribution in [0.5, 0.6) is 0 Å². The highest BCUT2D eigenvalue weighted by Gasteiger charge is 2.16. The number of rotatable bonds is 5. The Kier molecular flexibility index (Phi) is 6.88. The van der Waals surface area contributed by atoms with Gasteiger partial charge in [-0.3, -0.25) is 9.97 Å². The SMILES string of the molecule is Cc1ccc(-c2cc(-c3ccc(C)nc3)cc(-c3cc(-c4cccc5ccccc45)nc(-c4cccc5ccccc45)n3)c2)cn1. The first-order valence-corrected chi connectivity index (χ1v) is 15.5. The molecular formula is C42H30N4. The molecule has 0 aliphatic carbocycles. The van der Waals surface area contributed by atoms with Crippen LogP contribution in [0.3, 0.4) is 0 Å². The summed E-state index contributed by atoms with van der Waals surface area (Å²) in [5.74, 6) is 0.693. The van der Waals surface area contributed by atoms with E-state index in [1.165, 1.54) is 5.39 Å². The molecule has 0 unspecified atom stereocenters. The summed E-state index contributed by atoms with van der Waals surface area (Å²) in [6.45, 7) is 4.02. The van der Waals surface area contributed by atoms with Gasteiger partial charge in [-0.15, -0.1) is 0 Å². The van der Waals surface area contributed by atoms with Gasteiger partial charge in [-0.05, 0) is 82.9 Å². The highest BCUT2D eigenvalue weighted by atomic mass is 14.9. The van der Waals surface area contributed by atoms with E-state index in [0.29, 0.717) is 5.82 Å². The van der Waals surface area contributed by atoms with E-state index in [-0.39, 0.29) is 0 Å². The summed E-state index contributed by atoms with van der Waals surface area (Å²) in [5.41, 5.74) is 11.0. The number of pyridine rings is 2. The Hall–Kier alpha value is -6.00. The molecule has 0 saturated carbocycles. The maximum atomic E-state index is 5.29. The zero-order valence-corrected chi connectivity index (χ0v) is 25.6. The fourth-order valence-electron chi connectivity index (χ4n) is 6.11. The number of fused-ring (bicyclic) bond motifs is 2. The average molecular weight is 591 g/mol. The molecule has 4 heteroatoms. The molecule has 0 aliphatic heterocycles. The van der Waals surface area contributed by atoms with Gasteiger partial charge in [0, 0.05) is 51.6 Å². The fourth-order valence-corrected chi connectivity index (χ4v) is 6.11. The summed E-state index contributed by atoms with van der Waals surface area (Å²) < 4.78 is 0. The van der Waals surface area contributed by atoms with Crippen molar-refractivity contribution in [3.8, 4) is 56.2 Å². The van der Waals surface area contributed by atoms with Crippen LogP contribution in [0, 0.1) is 13.8 Å². The summed E-state index contributed by atoms with van der Waals surface area (Å²) in [6, 6.07) is 46.7. The van der Waals surface area contributed by atoms with Crippen LogP contribution in [0.25, 0.3) is 77.7 Å². The summed E-state index contributed by atoms with van der Waals surface area (Å²) in [6.07, 6.45) is 3.88. The van der Waals surface area contributed by atoms with E-state index < -0.39 is 0 Å². The Morgan fingerprint density at radius 3 is 1.48 bits per heavy atom. The molecule has 0 bridgehead atoms. The van der Waals surface area contributed by atoms with Gasteiger partial charge in [0.15, 0.2) is 5.82 Å². The quantitative estimate of drug-likeness (QED) is 0.200. The minimum atomic E-state index is 0.693. The van der Waals surface area contributed by atoms with Crippen LogP contribution in [0.15, 0.2) is 146 Å². The van der Waals surface area contributed by atoms with Crippen molar-refractivity contribution in [2.24, 2.45) is 0 Å². The normalized spacial score (nSPS) is 11.3. The van der Waals surface area contributed by atoms with E-state index in [1.54, 1.807) is 0 Å². The second kappa shape index (κ2) is 11.5. The number of nitrogens with zero attached hydrogens (tertiary/aromatic N) is 4. The molecule has 4 nitrogen and oxygen atoms in total. The lowest BCUT2D eigenvalue weighted by molar-refractivity contribution is 1.19. The second-order valence-electron chi connectivity index (χ2n) is 11.7. The Balaban J connectivity index is 1.40. The van der Waals surface area contributed by atoms with Crippen molar-refractivity contribution < 1.29 is 0 Å². The zero-order valence-electron chi connectivity index (χ0n) is 25.6. The number of benzene rings is 5.